The van der Waals surface area contributed by atoms with E-state index in [1.165, 1.54) is 37.7 Å². The Morgan fingerprint density at radius 1 is 1.10 bits per heavy atom. The van der Waals surface area contributed by atoms with Gasteiger partial charge in [0.2, 0.25) is 6.79 Å². The number of hydrogen-bond acceptors (Lipinski definition) is 6. The van der Waals surface area contributed by atoms with Gasteiger partial charge in [-0.05, 0) is 30.5 Å². The monoisotopic (exact) mass is 446 g/mol. The lowest BCUT2D eigenvalue weighted by molar-refractivity contribution is 0.174. The van der Waals surface area contributed by atoms with Crippen LogP contribution in [0.5, 0.6) is 11.5 Å². The van der Waals surface area contributed by atoms with Gasteiger partial charge < -0.3 is 15.2 Å². The Morgan fingerprint density at radius 3 is 2.38 bits per heavy atom. The third kappa shape index (κ3) is 11.0. The second-order valence-corrected chi connectivity index (χ2v) is 9.29. The molecule has 1 aromatic rings. The van der Waals surface area contributed by atoms with Gasteiger partial charge in [0.15, 0.2) is 11.5 Å². The van der Waals surface area contributed by atoms with Gasteiger partial charge >= 0.3 is 16.5 Å². The molecule has 2 atom stereocenters. The van der Waals surface area contributed by atoms with E-state index in [-0.39, 0.29) is 5.25 Å². The highest BCUT2D eigenvalue weighted by molar-refractivity contribution is 7.85. The molecule has 2 unspecified atom stereocenters. The first-order valence-electron chi connectivity index (χ1n) is 9.69. The van der Waals surface area contributed by atoms with Gasteiger partial charge in [0.05, 0.1) is 0 Å². The Kier molecular flexibility index (Phi) is 12.2. The molecule has 0 aliphatic carbocycles. The molecule has 0 saturated heterocycles. The molecule has 0 fully saturated rings. The average Bonchev–Trinajstić information content (AvgIpc) is 3.11. The largest absolute Gasteiger partial charge is 0.454 e. The SMILES string of the molecule is CCCCCCCCS(=O)C(C)Cc1ccc2c(c1)OCO2.NC(=O)N=S(=O)=O. The standard InChI is InChI=1S/C18H28O3S.CH2N2O3S/c1-3-4-5-6-7-8-11-22(19)15(2)12-16-9-10-17-18(13-16)21-14-20-17;2-1(4)3-7(5)6/h9-10,13,15H,3-8,11-12,14H2,1-2H3;(H2,2,4). The van der Waals surface area contributed by atoms with E-state index in [9.17, 15) is 17.4 Å². The van der Waals surface area contributed by atoms with Crippen molar-refractivity contribution in [1.29, 1.82) is 0 Å². The summed E-state index contributed by atoms with van der Waals surface area (Å²) in [5, 5.41) is 0.191. The third-order valence-electron chi connectivity index (χ3n) is 4.27. The van der Waals surface area contributed by atoms with Crippen LogP contribution >= 0.6 is 0 Å². The molecule has 1 aliphatic heterocycles. The fraction of sp³-hybridized carbons (Fsp3) is 0.632. The Bertz CT molecular complexity index is 803. The molecule has 10 heteroatoms. The molecule has 2 rings (SSSR count). The van der Waals surface area contributed by atoms with Crippen LogP contribution in [0.25, 0.3) is 0 Å². The average molecular weight is 447 g/mol. The van der Waals surface area contributed by atoms with Crippen molar-refractivity contribution in [1.82, 2.24) is 0 Å². The number of amides is 2. The van der Waals surface area contributed by atoms with Crippen LogP contribution in [-0.4, -0.2) is 36.5 Å². The summed E-state index contributed by atoms with van der Waals surface area (Å²) in [5.41, 5.74) is 5.47. The number of nitrogens with zero attached hydrogens (tertiary/aromatic N) is 1. The number of hydrogen-bond donors (Lipinski definition) is 1. The van der Waals surface area contributed by atoms with Crippen molar-refractivity contribution in [2.24, 2.45) is 10.1 Å². The van der Waals surface area contributed by atoms with Crippen LogP contribution < -0.4 is 15.2 Å². The molecule has 1 aliphatic rings. The lowest BCUT2D eigenvalue weighted by Gasteiger charge is -2.12. The highest BCUT2D eigenvalue weighted by Gasteiger charge is 2.16. The van der Waals surface area contributed by atoms with Crippen LogP contribution in [-0.2, 0) is 27.7 Å². The van der Waals surface area contributed by atoms with Gasteiger partial charge in [0, 0.05) is 21.8 Å². The van der Waals surface area contributed by atoms with E-state index in [0.717, 1.165) is 30.1 Å². The van der Waals surface area contributed by atoms with Gasteiger partial charge in [-0.25, -0.2) is 4.79 Å². The molecule has 0 saturated carbocycles. The van der Waals surface area contributed by atoms with Gasteiger partial charge in [-0.15, -0.1) is 0 Å². The van der Waals surface area contributed by atoms with E-state index >= 15 is 0 Å². The summed E-state index contributed by atoms with van der Waals surface area (Å²) < 4.78 is 44.1. The van der Waals surface area contributed by atoms with Gasteiger partial charge in [0.1, 0.15) is 0 Å². The zero-order valence-electron chi connectivity index (χ0n) is 17.0. The minimum atomic E-state index is -2.70. The number of urea groups is 1. The first kappa shape index (κ1) is 25.1. The number of carbonyl (C=O) groups excluding carboxylic acids is 1. The Labute approximate surface area is 176 Å². The molecule has 1 heterocycles. The van der Waals surface area contributed by atoms with Crippen LogP contribution in [0.15, 0.2) is 22.6 Å². The second kappa shape index (κ2) is 14.1. The fourth-order valence-corrected chi connectivity index (χ4v) is 4.21. The Balaban J connectivity index is 0.000000516. The van der Waals surface area contributed by atoms with Crippen LogP contribution in [0.3, 0.4) is 0 Å². The molecule has 8 nitrogen and oxygen atoms in total. The van der Waals surface area contributed by atoms with Gasteiger partial charge in [-0.1, -0.05) is 56.4 Å². The minimum Gasteiger partial charge on any atom is -0.454 e. The maximum absolute atomic E-state index is 12.3. The van der Waals surface area contributed by atoms with Crippen LogP contribution in [0.1, 0.15) is 57.9 Å². The van der Waals surface area contributed by atoms with Crippen molar-refractivity contribution < 1.29 is 26.9 Å². The number of fused-ring (bicyclic) bond motifs is 1. The van der Waals surface area contributed by atoms with E-state index in [1.807, 2.05) is 18.2 Å². The topological polar surface area (TPSA) is 125 Å². The Morgan fingerprint density at radius 2 is 1.76 bits per heavy atom. The van der Waals surface area contributed by atoms with E-state index < -0.39 is 27.3 Å². The molecule has 0 aromatic heterocycles. The van der Waals surface area contributed by atoms with Crippen molar-refractivity contribution in [3.05, 3.63) is 23.8 Å². The number of nitrogens with two attached hydrogens (primary N) is 1. The van der Waals surface area contributed by atoms with Crippen molar-refractivity contribution in [3.8, 4) is 11.5 Å². The number of rotatable bonds is 10. The molecule has 164 valence electrons. The number of carbonyl (C=O) groups is 1. The quantitative estimate of drug-likeness (QED) is 0.548. The first-order chi connectivity index (χ1) is 13.8. The summed E-state index contributed by atoms with van der Waals surface area (Å²) in [6.45, 7) is 4.61. The number of unbranched alkanes of at least 4 members (excludes halogenated alkanes) is 5. The summed E-state index contributed by atoms with van der Waals surface area (Å²) in [5.74, 6) is 2.45. The van der Waals surface area contributed by atoms with Crippen LogP contribution in [0.2, 0.25) is 0 Å². The summed E-state index contributed by atoms with van der Waals surface area (Å²) >= 11 is 0. The second-order valence-electron chi connectivity index (χ2n) is 6.70. The van der Waals surface area contributed by atoms with Crippen molar-refractivity contribution in [2.75, 3.05) is 12.5 Å². The molecule has 1 aromatic carbocycles. The van der Waals surface area contributed by atoms with E-state index in [2.05, 4.69) is 23.9 Å². The molecule has 0 spiro atoms. The maximum atomic E-state index is 12.3. The summed E-state index contributed by atoms with van der Waals surface area (Å²) in [6, 6.07) is 4.81. The molecule has 2 amide bonds. The minimum absolute atomic E-state index is 0.191. The lowest BCUT2D eigenvalue weighted by atomic mass is 10.1. The molecule has 0 radical (unpaired) electrons. The van der Waals surface area contributed by atoms with Gasteiger partial charge in [-0.3, -0.25) is 4.21 Å². The zero-order chi connectivity index (χ0) is 21.6. The molecule has 0 bridgehead atoms. The lowest BCUT2D eigenvalue weighted by Crippen LogP contribution is -2.16. The predicted octanol–water partition coefficient (Wildman–Crippen LogP) is 3.58. The summed E-state index contributed by atoms with van der Waals surface area (Å²) in [7, 11) is -3.44. The van der Waals surface area contributed by atoms with Crippen LogP contribution in [0.4, 0.5) is 4.79 Å². The van der Waals surface area contributed by atoms with E-state index in [0.29, 0.717) is 6.79 Å². The van der Waals surface area contributed by atoms with E-state index in [1.54, 1.807) is 0 Å². The molecular formula is C19H30N2O6S2. The van der Waals surface area contributed by atoms with Crippen molar-refractivity contribution in [2.45, 2.75) is 64.0 Å². The predicted molar refractivity (Wildman–Crippen MR) is 113 cm³/mol. The van der Waals surface area contributed by atoms with Gasteiger partial charge in [-0.2, -0.15) is 8.42 Å². The van der Waals surface area contributed by atoms with Crippen molar-refractivity contribution >= 4 is 27.3 Å². The molecule has 29 heavy (non-hydrogen) atoms. The first-order valence-corrected chi connectivity index (χ1v) is 12.1. The summed E-state index contributed by atoms with van der Waals surface area (Å²) in [4.78, 5) is 9.47. The molecule has 2 N–H and O–H groups in total. The number of benzene rings is 1. The summed E-state index contributed by atoms with van der Waals surface area (Å²) in [6.07, 6.45) is 8.32. The third-order valence-corrected chi connectivity index (χ3v) is 6.36. The van der Waals surface area contributed by atoms with Crippen molar-refractivity contribution in [3.63, 3.8) is 0 Å². The highest BCUT2D eigenvalue weighted by atomic mass is 32.2. The Hall–Kier alpha value is -1.94. The highest BCUT2D eigenvalue weighted by Crippen LogP contribution is 2.33. The number of primary amides is 1. The van der Waals surface area contributed by atoms with Crippen LogP contribution in [0, 0.1) is 0 Å². The zero-order valence-corrected chi connectivity index (χ0v) is 18.6. The number of ether oxygens (including phenoxy) is 2. The maximum Gasteiger partial charge on any atom is 0.353 e. The normalized spacial score (nSPS) is 13.7. The van der Waals surface area contributed by atoms with E-state index in [4.69, 9.17) is 9.47 Å². The smallest absolute Gasteiger partial charge is 0.353 e. The van der Waals surface area contributed by atoms with Gasteiger partial charge in [0.25, 0.3) is 0 Å². The molecular weight excluding hydrogens is 416 g/mol. The fourth-order valence-electron chi connectivity index (χ4n) is 2.79.